The zero-order valence-corrected chi connectivity index (χ0v) is 17.4. The lowest BCUT2D eigenvalue weighted by Gasteiger charge is -2.07. The Kier molecular flexibility index (Phi) is 6.41. The normalized spacial score (nSPS) is 10.7. The van der Waals surface area contributed by atoms with Gasteiger partial charge in [-0.1, -0.05) is 42.7 Å². The molecule has 1 amide bonds. The number of unbranched alkanes of at least 4 members (excludes halogenated alkanes) is 1. The minimum atomic E-state index is -0.391. The van der Waals surface area contributed by atoms with E-state index in [2.05, 4.69) is 15.5 Å². The summed E-state index contributed by atoms with van der Waals surface area (Å²) in [6.45, 7) is 2.45. The summed E-state index contributed by atoms with van der Waals surface area (Å²) >= 11 is 0. The maximum Gasteiger partial charge on any atom is 0.338 e. The number of ether oxygens (including phenoxy) is 1. The van der Waals surface area contributed by atoms with Crippen LogP contribution in [0.4, 0.5) is 6.01 Å². The number of amides is 1. The molecule has 2 heterocycles. The molecule has 0 fully saturated rings. The molecule has 162 valence electrons. The van der Waals surface area contributed by atoms with Crippen LogP contribution in [0.3, 0.4) is 0 Å². The van der Waals surface area contributed by atoms with Crippen LogP contribution in [-0.4, -0.2) is 28.7 Å². The third-order valence-corrected chi connectivity index (χ3v) is 4.69. The highest BCUT2D eigenvalue weighted by Crippen LogP contribution is 2.23. The molecule has 32 heavy (non-hydrogen) atoms. The Balaban J connectivity index is 1.44. The van der Waals surface area contributed by atoms with E-state index in [1.54, 1.807) is 42.5 Å². The molecule has 0 radical (unpaired) electrons. The molecule has 0 spiro atoms. The van der Waals surface area contributed by atoms with E-state index in [4.69, 9.17) is 13.6 Å². The number of carbonyl (C=O) groups excluding carboxylic acids is 2. The lowest BCUT2D eigenvalue weighted by atomic mass is 10.0. The van der Waals surface area contributed by atoms with E-state index in [9.17, 15) is 9.59 Å². The van der Waals surface area contributed by atoms with E-state index in [0.717, 1.165) is 24.0 Å². The van der Waals surface area contributed by atoms with Crippen LogP contribution in [0.1, 0.15) is 40.5 Å². The third-order valence-electron chi connectivity index (χ3n) is 4.69. The number of benzene rings is 2. The molecular formula is C24H21N3O5. The van der Waals surface area contributed by atoms with Crippen molar-refractivity contribution in [2.75, 3.05) is 11.9 Å². The first kappa shape index (κ1) is 21.0. The molecule has 0 bridgehead atoms. The fourth-order valence-electron chi connectivity index (χ4n) is 2.97. The number of nitrogens with one attached hydrogen (secondary N) is 1. The molecule has 2 aromatic heterocycles. The molecular weight excluding hydrogens is 410 g/mol. The molecule has 8 heteroatoms. The fourth-order valence-corrected chi connectivity index (χ4v) is 2.97. The van der Waals surface area contributed by atoms with Gasteiger partial charge < -0.3 is 13.6 Å². The summed E-state index contributed by atoms with van der Waals surface area (Å²) in [4.78, 5) is 24.7. The molecule has 0 aliphatic heterocycles. The van der Waals surface area contributed by atoms with Gasteiger partial charge in [-0.05, 0) is 53.9 Å². The number of furan rings is 1. The Bertz CT molecular complexity index is 1200. The van der Waals surface area contributed by atoms with Crippen LogP contribution < -0.4 is 5.32 Å². The van der Waals surface area contributed by atoms with Gasteiger partial charge in [-0.2, -0.15) is 0 Å². The summed E-state index contributed by atoms with van der Waals surface area (Å²) in [6, 6.07) is 17.5. The largest absolute Gasteiger partial charge is 0.462 e. The average Bonchev–Trinajstić information content (AvgIpc) is 3.51. The Hall–Kier alpha value is -4.20. The SMILES string of the molecule is CCCCOC(=O)c1ccc(-c2cccc(C(=O)Nc3nnc(-c4ccco4)o3)c2)cc1. The van der Waals surface area contributed by atoms with Crippen LogP contribution in [-0.2, 0) is 4.74 Å². The van der Waals surface area contributed by atoms with Crippen LogP contribution >= 0.6 is 0 Å². The summed E-state index contributed by atoms with van der Waals surface area (Å²) in [6.07, 6.45) is 3.30. The second-order valence-corrected chi connectivity index (χ2v) is 6.99. The first-order chi connectivity index (χ1) is 15.6. The Morgan fingerprint density at radius 3 is 2.56 bits per heavy atom. The van der Waals surface area contributed by atoms with Crippen molar-refractivity contribution in [3.63, 3.8) is 0 Å². The van der Waals surface area contributed by atoms with Gasteiger partial charge in [0.25, 0.3) is 11.8 Å². The van der Waals surface area contributed by atoms with Crippen LogP contribution in [0.5, 0.6) is 0 Å². The number of nitrogens with zero attached hydrogens (tertiary/aromatic N) is 2. The number of carbonyl (C=O) groups is 2. The monoisotopic (exact) mass is 431 g/mol. The van der Waals surface area contributed by atoms with E-state index < -0.39 is 5.91 Å². The van der Waals surface area contributed by atoms with E-state index in [1.165, 1.54) is 6.26 Å². The Morgan fingerprint density at radius 1 is 0.969 bits per heavy atom. The van der Waals surface area contributed by atoms with Gasteiger partial charge in [0.05, 0.1) is 18.4 Å². The number of hydrogen-bond acceptors (Lipinski definition) is 7. The van der Waals surface area contributed by atoms with E-state index in [1.807, 2.05) is 25.1 Å². The van der Waals surface area contributed by atoms with Crippen molar-refractivity contribution in [3.8, 4) is 22.8 Å². The topological polar surface area (TPSA) is 107 Å². The fraction of sp³-hybridized carbons (Fsp3) is 0.167. The van der Waals surface area contributed by atoms with E-state index >= 15 is 0 Å². The highest BCUT2D eigenvalue weighted by molar-refractivity contribution is 6.03. The van der Waals surface area contributed by atoms with Crippen molar-refractivity contribution in [3.05, 3.63) is 78.1 Å². The first-order valence-electron chi connectivity index (χ1n) is 10.2. The van der Waals surface area contributed by atoms with E-state index in [0.29, 0.717) is 23.5 Å². The molecule has 2 aromatic carbocycles. The molecule has 4 rings (SSSR count). The highest BCUT2D eigenvalue weighted by Gasteiger charge is 2.15. The van der Waals surface area contributed by atoms with E-state index in [-0.39, 0.29) is 17.9 Å². The predicted octanol–water partition coefficient (Wildman–Crippen LogP) is 5.21. The number of aromatic nitrogens is 2. The van der Waals surface area contributed by atoms with Crippen LogP contribution in [0, 0.1) is 0 Å². The Morgan fingerprint density at radius 2 is 1.81 bits per heavy atom. The maximum absolute atomic E-state index is 12.6. The van der Waals surface area contributed by atoms with Gasteiger partial charge in [-0.3, -0.25) is 10.1 Å². The van der Waals surface area contributed by atoms with Gasteiger partial charge in [0.2, 0.25) is 0 Å². The second kappa shape index (κ2) is 9.74. The average molecular weight is 431 g/mol. The zero-order chi connectivity index (χ0) is 22.3. The predicted molar refractivity (Wildman–Crippen MR) is 117 cm³/mol. The van der Waals surface area contributed by atoms with Crippen molar-refractivity contribution >= 4 is 17.9 Å². The molecule has 0 aliphatic carbocycles. The summed E-state index contributed by atoms with van der Waals surface area (Å²) in [5, 5.41) is 10.3. The Labute approximate surface area is 184 Å². The number of rotatable bonds is 8. The summed E-state index contributed by atoms with van der Waals surface area (Å²) in [7, 11) is 0. The number of hydrogen-bond donors (Lipinski definition) is 1. The molecule has 1 N–H and O–H groups in total. The van der Waals surface area contributed by atoms with Crippen molar-refractivity contribution in [2.24, 2.45) is 0 Å². The lowest BCUT2D eigenvalue weighted by Crippen LogP contribution is -2.12. The van der Waals surface area contributed by atoms with Gasteiger partial charge in [0.1, 0.15) is 0 Å². The van der Waals surface area contributed by atoms with Crippen LogP contribution in [0.15, 0.2) is 75.8 Å². The van der Waals surface area contributed by atoms with Gasteiger partial charge in [-0.15, -0.1) is 5.10 Å². The molecule has 8 nitrogen and oxygen atoms in total. The first-order valence-corrected chi connectivity index (χ1v) is 10.2. The minimum Gasteiger partial charge on any atom is -0.462 e. The number of anilines is 1. The van der Waals surface area contributed by atoms with Crippen molar-refractivity contribution in [2.45, 2.75) is 19.8 Å². The van der Waals surface area contributed by atoms with Gasteiger partial charge in [0.15, 0.2) is 5.76 Å². The van der Waals surface area contributed by atoms with Crippen LogP contribution in [0.2, 0.25) is 0 Å². The minimum absolute atomic E-state index is 0.0299. The van der Waals surface area contributed by atoms with Crippen molar-refractivity contribution in [1.29, 1.82) is 0 Å². The summed E-state index contributed by atoms with van der Waals surface area (Å²) < 4.78 is 15.8. The highest BCUT2D eigenvalue weighted by atomic mass is 16.5. The molecule has 0 atom stereocenters. The van der Waals surface area contributed by atoms with Crippen LogP contribution in [0.25, 0.3) is 22.8 Å². The lowest BCUT2D eigenvalue weighted by molar-refractivity contribution is 0.0499. The van der Waals surface area contributed by atoms with Gasteiger partial charge in [-0.25, -0.2) is 4.79 Å². The maximum atomic E-state index is 12.6. The van der Waals surface area contributed by atoms with Crippen molar-refractivity contribution in [1.82, 2.24) is 10.2 Å². The molecule has 4 aromatic rings. The standard InChI is InChI=1S/C24H21N3O5/c1-2-3-13-31-23(29)17-11-9-16(10-12-17)18-6-4-7-19(15-18)21(28)25-24-27-26-22(32-24)20-8-5-14-30-20/h4-12,14-15H,2-3,13H2,1H3,(H,25,27,28). The number of esters is 1. The second-order valence-electron chi connectivity index (χ2n) is 6.99. The van der Waals surface area contributed by atoms with Gasteiger partial charge in [0, 0.05) is 5.56 Å². The third kappa shape index (κ3) is 4.92. The summed E-state index contributed by atoms with van der Waals surface area (Å²) in [5.74, 6) is -0.144. The van der Waals surface area contributed by atoms with Gasteiger partial charge >= 0.3 is 12.0 Å². The summed E-state index contributed by atoms with van der Waals surface area (Å²) in [5.41, 5.74) is 2.60. The molecule has 0 aliphatic rings. The van der Waals surface area contributed by atoms with Crippen molar-refractivity contribution < 1.29 is 23.2 Å². The molecule has 0 unspecified atom stereocenters. The quantitative estimate of drug-likeness (QED) is 0.301. The molecule has 0 saturated heterocycles. The smallest absolute Gasteiger partial charge is 0.338 e. The zero-order valence-electron chi connectivity index (χ0n) is 17.4. The molecule has 0 saturated carbocycles.